The lowest BCUT2D eigenvalue weighted by atomic mass is 10.1. The summed E-state index contributed by atoms with van der Waals surface area (Å²) in [6.07, 6.45) is 0.138. The van der Waals surface area contributed by atoms with Crippen molar-refractivity contribution in [3.63, 3.8) is 0 Å². The van der Waals surface area contributed by atoms with E-state index in [-0.39, 0.29) is 18.3 Å². The van der Waals surface area contributed by atoms with Gasteiger partial charge in [0.15, 0.2) is 4.80 Å². The van der Waals surface area contributed by atoms with Gasteiger partial charge < -0.3 is 18.8 Å². The maximum atomic E-state index is 12.8. The van der Waals surface area contributed by atoms with Gasteiger partial charge >= 0.3 is 5.97 Å². The summed E-state index contributed by atoms with van der Waals surface area (Å²) >= 11 is 1.36. The molecule has 8 heteroatoms. The van der Waals surface area contributed by atoms with Gasteiger partial charge in [-0.05, 0) is 45.0 Å². The number of carbonyl (C=O) groups excluding carboxylic acids is 2. The van der Waals surface area contributed by atoms with Gasteiger partial charge in [-0.2, -0.15) is 4.99 Å². The third kappa shape index (κ3) is 5.63. The summed E-state index contributed by atoms with van der Waals surface area (Å²) in [6, 6.07) is 11.1. The van der Waals surface area contributed by atoms with Gasteiger partial charge in [0.05, 0.1) is 42.5 Å². The molecule has 2 aromatic carbocycles. The molecule has 0 spiro atoms. The lowest BCUT2D eigenvalue weighted by molar-refractivity contribution is -0.117. The van der Waals surface area contributed by atoms with Gasteiger partial charge in [0.2, 0.25) is 0 Å². The fourth-order valence-corrected chi connectivity index (χ4v) is 4.48. The molecule has 7 nitrogen and oxygen atoms in total. The van der Waals surface area contributed by atoms with Crippen LogP contribution < -0.4 is 9.54 Å². The molecule has 0 aliphatic rings. The largest absolute Gasteiger partial charge is 0.496 e. The molecule has 0 fully saturated rings. The first-order chi connectivity index (χ1) is 15.5. The molecule has 1 heterocycles. The van der Waals surface area contributed by atoms with Crippen molar-refractivity contribution in [1.29, 1.82) is 0 Å². The van der Waals surface area contributed by atoms with Crippen LogP contribution in [0.4, 0.5) is 0 Å². The van der Waals surface area contributed by atoms with Gasteiger partial charge in [-0.15, -0.1) is 0 Å². The lowest BCUT2D eigenvalue weighted by Gasteiger charge is -2.08. The fraction of sp³-hybridized carbons (Fsp3) is 0.375. The molecule has 0 atom stereocenters. The van der Waals surface area contributed by atoms with E-state index in [1.807, 2.05) is 42.7 Å². The van der Waals surface area contributed by atoms with Crippen LogP contribution in [0.1, 0.15) is 35.3 Å². The Kier molecular flexibility index (Phi) is 8.19. The standard InChI is InChI=1S/C24H28N2O5S/c1-5-30-12-11-26-19-9-8-17(23(28)31-6-2)14-21(19)32-24(26)25-22(27)15-18-13-16(3)7-10-20(18)29-4/h7-10,13-14H,5-6,11-12,15H2,1-4H3. The van der Waals surface area contributed by atoms with Crippen molar-refractivity contribution < 1.29 is 23.8 Å². The number of hydrogen-bond acceptors (Lipinski definition) is 6. The minimum Gasteiger partial charge on any atom is -0.496 e. The van der Waals surface area contributed by atoms with Crippen LogP contribution >= 0.6 is 11.3 Å². The van der Waals surface area contributed by atoms with Crippen LogP contribution in [0.3, 0.4) is 0 Å². The molecule has 0 aliphatic heterocycles. The predicted molar refractivity (Wildman–Crippen MR) is 124 cm³/mol. The van der Waals surface area contributed by atoms with Gasteiger partial charge in [-0.25, -0.2) is 4.79 Å². The topological polar surface area (TPSA) is 79.1 Å². The third-order valence-electron chi connectivity index (χ3n) is 4.86. The number of aromatic nitrogens is 1. The van der Waals surface area contributed by atoms with Gasteiger partial charge in [0, 0.05) is 18.7 Å². The average Bonchev–Trinajstić information content (AvgIpc) is 3.10. The van der Waals surface area contributed by atoms with Crippen molar-refractivity contribution in [2.75, 3.05) is 26.9 Å². The normalized spacial score (nSPS) is 11.7. The highest BCUT2D eigenvalue weighted by atomic mass is 32.1. The second-order valence-corrected chi connectivity index (χ2v) is 8.14. The second kappa shape index (κ2) is 11.1. The number of hydrogen-bond donors (Lipinski definition) is 0. The van der Waals surface area contributed by atoms with Gasteiger partial charge in [0.25, 0.3) is 5.91 Å². The summed E-state index contributed by atoms with van der Waals surface area (Å²) in [5.74, 6) is 0.0276. The van der Waals surface area contributed by atoms with Crippen LogP contribution in [-0.4, -0.2) is 43.4 Å². The maximum absolute atomic E-state index is 12.8. The Labute approximate surface area is 191 Å². The van der Waals surface area contributed by atoms with E-state index in [1.165, 1.54) is 11.3 Å². The number of carbonyl (C=O) groups is 2. The number of rotatable bonds is 9. The first-order valence-corrected chi connectivity index (χ1v) is 11.4. The van der Waals surface area contributed by atoms with Crippen molar-refractivity contribution >= 4 is 33.4 Å². The monoisotopic (exact) mass is 456 g/mol. The Morgan fingerprint density at radius 1 is 1.09 bits per heavy atom. The summed E-state index contributed by atoms with van der Waals surface area (Å²) in [7, 11) is 1.59. The van der Waals surface area contributed by atoms with Crippen molar-refractivity contribution in [2.45, 2.75) is 33.7 Å². The van der Waals surface area contributed by atoms with E-state index >= 15 is 0 Å². The predicted octanol–water partition coefficient (Wildman–Crippen LogP) is 3.90. The Morgan fingerprint density at radius 3 is 2.62 bits per heavy atom. The molecule has 3 aromatic rings. The van der Waals surface area contributed by atoms with Gasteiger partial charge in [0.1, 0.15) is 5.75 Å². The first kappa shape index (κ1) is 23.7. The van der Waals surface area contributed by atoms with E-state index in [1.54, 1.807) is 26.2 Å². The molecule has 170 valence electrons. The van der Waals surface area contributed by atoms with Crippen molar-refractivity contribution in [1.82, 2.24) is 4.57 Å². The summed E-state index contributed by atoms with van der Waals surface area (Å²) in [6.45, 7) is 7.64. The quantitative estimate of drug-likeness (QED) is 0.360. The molecule has 1 amide bonds. The molecule has 0 saturated carbocycles. The number of esters is 1. The van der Waals surface area contributed by atoms with Crippen LogP contribution in [0.2, 0.25) is 0 Å². The first-order valence-electron chi connectivity index (χ1n) is 10.6. The summed E-state index contributed by atoms with van der Waals surface area (Å²) < 4.78 is 18.8. The number of benzene rings is 2. The highest BCUT2D eigenvalue weighted by molar-refractivity contribution is 7.16. The molecule has 1 aromatic heterocycles. The van der Waals surface area contributed by atoms with E-state index in [9.17, 15) is 9.59 Å². The highest BCUT2D eigenvalue weighted by Gasteiger charge is 2.14. The number of nitrogens with zero attached hydrogens (tertiary/aromatic N) is 2. The molecular formula is C24H28N2O5S. The number of amides is 1. The average molecular weight is 457 g/mol. The molecule has 0 radical (unpaired) electrons. The highest BCUT2D eigenvalue weighted by Crippen LogP contribution is 2.22. The number of methoxy groups -OCH3 is 1. The van der Waals surface area contributed by atoms with Crippen LogP contribution in [0.15, 0.2) is 41.4 Å². The van der Waals surface area contributed by atoms with Crippen LogP contribution in [0.5, 0.6) is 5.75 Å². The SMILES string of the molecule is CCOCCn1c(=NC(=O)Cc2cc(C)ccc2OC)sc2cc(C(=O)OCC)ccc21. The Hall–Kier alpha value is -2.97. The molecule has 0 bridgehead atoms. The van der Waals surface area contributed by atoms with E-state index in [0.29, 0.717) is 42.5 Å². The van der Waals surface area contributed by atoms with Crippen LogP contribution in [-0.2, 0) is 27.2 Å². The van der Waals surface area contributed by atoms with E-state index in [2.05, 4.69) is 4.99 Å². The molecule has 0 saturated heterocycles. The molecule has 0 aliphatic carbocycles. The fourth-order valence-electron chi connectivity index (χ4n) is 3.37. The third-order valence-corrected chi connectivity index (χ3v) is 5.90. The molecule has 3 rings (SSSR count). The zero-order valence-electron chi connectivity index (χ0n) is 18.8. The summed E-state index contributed by atoms with van der Waals surface area (Å²) in [5, 5.41) is 0. The molecule has 32 heavy (non-hydrogen) atoms. The smallest absolute Gasteiger partial charge is 0.338 e. The zero-order valence-corrected chi connectivity index (χ0v) is 19.7. The molecular weight excluding hydrogens is 428 g/mol. The van der Waals surface area contributed by atoms with Crippen molar-refractivity contribution in [3.05, 3.63) is 57.9 Å². The van der Waals surface area contributed by atoms with Crippen molar-refractivity contribution in [2.24, 2.45) is 4.99 Å². The van der Waals surface area contributed by atoms with E-state index in [4.69, 9.17) is 14.2 Å². The lowest BCUT2D eigenvalue weighted by Crippen LogP contribution is -2.20. The van der Waals surface area contributed by atoms with E-state index in [0.717, 1.165) is 21.3 Å². The minimum absolute atomic E-state index is 0.138. The molecule has 0 unspecified atom stereocenters. The van der Waals surface area contributed by atoms with Crippen molar-refractivity contribution in [3.8, 4) is 5.75 Å². The second-order valence-electron chi connectivity index (χ2n) is 7.13. The van der Waals surface area contributed by atoms with Crippen LogP contribution in [0.25, 0.3) is 10.2 Å². The minimum atomic E-state index is -0.371. The number of aryl methyl sites for hydroxylation is 1. The summed E-state index contributed by atoms with van der Waals surface area (Å²) in [4.78, 5) is 29.9. The van der Waals surface area contributed by atoms with E-state index < -0.39 is 0 Å². The number of ether oxygens (including phenoxy) is 3. The Morgan fingerprint density at radius 2 is 1.91 bits per heavy atom. The van der Waals surface area contributed by atoms with Gasteiger partial charge in [-0.1, -0.05) is 29.0 Å². The zero-order chi connectivity index (χ0) is 23.1. The molecule has 0 N–H and O–H groups in total. The van der Waals surface area contributed by atoms with Crippen LogP contribution in [0, 0.1) is 6.92 Å². The Balaban J connectivity index is 1.99. The van der Waals surface area contributed by atoms with Gasteiger partial charge in [-0.3, -0.25) is 4.79 Å². The maximum Gasteiger partial charge on any atom is 0.338 e. The Bertz CT molecular complexity index is 1180. The number of thiazole rings is 1. The number of fused-ring (bicyclic) bond motifs is 1. The summed E-state index contributed by atoms with van der Waals surface area (Å²) in [5.41, 5.74) is 3.21.